The molecule has 2 aromatic carbocycles. The van der Waals surface area contributed by atoms with Crippen molar-refractivity contribution >= 4 is 23.2 Å². The standard InChI is InChI=1S/C17H19Cl2NO/c1-3-20-12(2)16-9-8-15(10-17(16)19)21-11-13-4-6-14(18)7-5-13/h4-10,12,20H,3,11H2,1-2H3. The van der Waals surface area contributed by atoms with Crippen LogP contribution in [0.4, 0.5) is 0 Å². The molecule has 0 aliphatic heterocycles. The van der Waals surface area contributed by atoms with Gasteiger partial charge in [0.15, 0.2) is 0 Å². The summed E-state index contributed by atoms with van der Waals surface area (Å²) >= 11 is 12.2. The highest BCUT2D eigenvalue weighted by Gasteiger charge is 2.09. The molecule has 2 nitrogen and oxygen atoms in total. The Morgan fingerprint density at radius 3 is 2.43 bits per heavy atom. The molecule has 2 rings (SSSR count). The van der Waals surface area contributed by atoms with E-state index >= 15 is 0 Å². The Hall–Kier alpha value is -1.22. The molecule has 1 N–H and O–H groups in total. The normalized spacial score (nSPS) is 12.2. The van der Waals surface area contributed by atoms with Gasteiger partial charge in [-0.1, -0.05) is 48.3 Å². The number of hydrogen-bond donors (Lipinski definition) is 1. The van der Waals surface area contributed by atoms with Crippen molar-refractivity contribution in [1.82, 2.24) is 5.32 Å². The van der Waals surface area contributed by atoms with Crippen LogP contribution in [-0.4, -0.2) is 6.54 Å². The van der Waals surface area contributed by atoms with Gasteiger partial charge in [0.05, 0.1) is 0 Å². The van der Waals surface area contributed by atoms with Crippen LogP contribution in [-0.2, 0) is 6.61 Å². The summed E-state index contributed by atoms with van der Waals surface area (Å²) in [7, 11) is 0. The molecule has 1 unspecified atom stereocenters. The minimum atomic E-state index is 0.229. The molecule has 0 bridgehead atoms. The molecule has 21 heavy (non-hydrogen) atoms. The Morgan fingerprint density at radius 1 is 1.10 bits per heavy atom. The first-order valence-electron chi connectivity index (χ1n) is 7.00. The summed E-state index contributed by atoms with van der Waals surface area (Å²) in [5.41, 5.74) is 2.15. The third-order valence-electron chi connectivity index (χ3n) is 3.27. The first kappa shape index (κ1) is 16.2. The summed E-state index contributed by atoms with van der Waals surface area (Å²) in [6, 6.07) is 13.7. The molecular formula is C17H19Cl2NO. The lowest BCUT2D eigenvalue weighted by Gasteiger charge is -2.15. The topological polar surface area (TPSA) is 21.3 Å². The molecule has 0 aliphatic carbocycles. The van der Waals surface area contributed by atoms with E-state index in [1.54, 1.807) is 0 Å². The second kappa shape index (κ2) is 7.69. The number of benzene rings is 2. The lowest BCUT2D eigenvalue weighted by Crippen LogP contribution is -2.17. The van der Waals surface area contributed by atoms with Gasteiger partial charge in [0, 0.05) is 16.1 Å². The highest BCUT2D eigenvalue weighted by Crippen LogP contribution is 2.27. The predicted octanol–water partition coefficient (Wildman–Crippen LogP) is 5.24. The van der Waals surface area contributed by atoms with Crippen LogP contribution in [0.5, 0.6) is 5.75 Å². The van der Waals surface area contributed by atoms with E-state index in [1.165, 1.54) is 0 Å². The summed E-state index contributed by atoms with van der Waals surface area (Å²) in [5.74, 6) is 0.766. The number of rotatable bonds is 6. The Balaban J connectivity index is 2.01. The second-order valence-electron chi connectivity index (χ2n) is 4.88. The molecule has 1 atom stereocenters. The lowest BCUT2D eigenvalue weighted by atomic mass is 10.1. The lowest BCUT2D eigenvalue weighted by molar-refractivity contribution is 0.306. The van der Waals surface area contributed by atoms with Crippen LogP contribution in [0.3, 0.4) is 0 Å². The molecule has 4 heteroatoms. The molecule has 0 aliphatic rings. The first-order valence-corrected chi connectivity index (χ1v) is 7.76. The van der Waals surface area contributed by atoms with E-state index in [1.807, 2.05) is 42.5 Å². The highest BCUT2D eigenvalue weighted by atomic mass is 35.5. The maximum atomic E-state index is 6.33. The van der Waals surface area contributed by atoms with E-state index in [4.69, 9.17) is 27.9 Å². The van der Waals surface area contributed by atoms with Crippen molar-refractivity contribution in [2.75, 3.05) is 6.54 Å². The van der Waals surface area contributed by atoms with Crippen LogP contribution in [0.1, 0.15) is 31.0 Å². The van der Waals surface area contributed by atoms with Gasteiger partial charge in [0.1, 0.15) is 12.4 Å². The predicted molar refractivity (Wildman–Crippen MR) is 89.3 cm³/mol. The molecular weight excluding hydrogens is 305 g/mol. The number of hydrogen-bond acceptors (Lipinski definition) is 2. The summed E-state index contributed by atoms with van der Waals surface area (Å²) in [6.07, 6.45) is 0. The molecule has 0 saturated heterocycles. The summed E-state index contributed by atoms with van der Waals surface area (Å²) in [6.45, 7) is 5.58. The van der Waals surface area contributed by atoms with Gasteiger partial charge in [-0.15, -0.1) is 0 Å². The molecule has 0 radical (unpaired) electrons. The van der Waals surface area contributed by atoms with Crippen LogP contribution in [0.15, 0.2) is 42.5 Å². The minimum absolute atomic E-state index is 0.229. The van der Waals surface area contributed by atoms with E-state index in [0.29, 0.717) is 6.61 Å². The van der Waals surface area contributed by atoms with Gasteiger partial charge in [-0.25, -0.2) is 0 Å². The molecule has 0 spiro atoms. The Kier molecular flexibility index (Phi) is 5.92. The smallest absolute Gasteiger partial charge is 0.121 e. The summed E-state index contributed by atoms with van der Waals surface area (Å²) in [4.78, 5) is 0. The zero-order chi connectivity index (χ0) is 15.2. The van der Waals surface area contributed by atoms with Gasteiger partial charge in [-0.05, 0) is 48.9 Å². The molecule has 0 saturated carbocycles. The van der Waals surface area contributed by atoms with Gasteiger partial charge in [0.25, 0.3) is 0 Å². The van der Waals surface area contributed by atoms with E-state index in [0.717, 1.165) is 33.5 Å². The molecule has 0 heterocycles. The molecule has 112 valence electrons. The molecule has 0 fully saturated rings. The van der Waals surface area contributed by atoms with Crippen LogP contribution in [0, 0.1) is 0 Å². The molecule has 2 aromatic rings. The fourth-order valence-corrected chi connectivity index (χ4v) is 2.57. The van der Waals surface area contributed by atoms with Crippen molar-refractivity contribution in [3.8, 4) is 5.75 Å². The van der Waals surface area contributed by atoms with Gasteiger partial charge < -0.3 is 10.1 Å². The zero-order valence-corrected chi connectivity index (χ0v) is 13.7. The van der Waals surface area contributed by atoms with Gasteiger partial charge in [0.2, 0.25) is 0 Å². The first-order chi connectivity index (χ1) is 10.1. The quantitative estimate of drug-likeness (QED) is 0.784. The van der Waals surface area contributed by atoms with E-state index in [9.17, 15) is 0 Å². The van der Waals surface area contributed by atoms with Crippen molar-refractivity contribution in [3.05, 3.63) is 63.6 Å². The minimum Gasteiger partial charge on any atom is -0.489 e. The Morgan fingerprint density at radius 2 is 1.81 bits per heavy atom. The van der Waals surface area contributed by atoms with Crippen molar-refractivity contribution in [3.63, 3.8) is 0 Å². The van der Waals surface area contributed by atoms with Crippen molar-refractivity contribution < 1.29 is 4.74 Å². The maximum Gasteiger partial charge on any atom is 0.121 e. The zero-order valence-electron chi connectivity index (χ0n) is 12.2. The van der Waals surface area contributed by atoms with E-state index < -0.39 is 0 Å². The van der Waals surface area contributed by atoms with Crippen LogP contribution >= 0.6 is 23.2 Å². The third-order valence-corrected chi connectivity index (χ3v) is 3.85. The van der Waals surface area contributed by atoms with Gasteiger partial charge in [-0.2, -0.15) is 0 Å². The fraction of sp³-hybridized carbons (Fsp3) is 0.294. The van der Waals surface area contributed by atoms with Crippen molar-refractivity contribution in [2.24, 2.45) is 0 Å². The van der Waals surface area contributed by atoms with Gasteiger partial charge in [-0.3, -0.25) is 0 Å². The fourth-order valence-electron chi connectivity index (χ4n) is 2.11. The average molecular weight is 324 g/mol. The second-order valence-corrected chi connectivity index (χ2v) is 5.72. The van der Waals surface area contributed by atoms with E-state index in [-0.39, 0.29) is 6.04 Å². The number of ether oxygens (including phenoxy) is 1. The van der Waals surface area contributed by atoms with Crippen LogP contribution in [0.25, 0.3) is 0 Å². The third kappa shape index (κ3) is 4.63. The van der Waals surface area contributed by atoms with Gasteiger partial charge >= 0.3 is 0 Å². The summed E-state index contributed by atoms with van der Waals surface area (Å²) < 4.78 is 5.76. The monoisotopic (exact) mass is 323 g/mol. The largest absolute Gasteiger partial charge is 0.489 e. The number of nitrogens with one attached hydrogen (secondary N) is 1. The summed E-state index contributed by atoms with van der Waals surface area (Å²) in [5, 5.41) is 4.79. The molecule has 0 amide bonds. The highest BCUT2D eigenvalue weighted by molar-refractivity contribution is 6.31. The van der Waals surface area contributed by atoms with Crippen LogP contribution < -0.4 is 10.1 Å². The average Bonchev–Trinajstić information content (AvgIpc) is 2.47. The van der Waals surface area contributed by atoms with E-state index in [2.05, 4.69) is 19.2 Å². The Labute approximate surface area is 136 Å². The maximum absolute atomic E-state index is 6.33. The SMILES string of the molecule is CCNC(C)c1ccc(OCc2ccc(Cl)cc2)cc1Cl. The van der Waals surface area contributed by atoms with Crippen LogP contribution in [0.2, 0.25) is 10.0 Å². The molecule has 0 aromatic heterocycles. The van der Waals surface area contributed by atoms with Crippen molar-refractivity contribution in [2.45, 2.75) is 26.5 Å². The number of halogens is 2. The van der Waals surface area contributed by atoms with Crippen molar-refractivity contribution in [1.29, 1.82) is 0 Å². The Bertz CT molecular complexity index is 584.